The van der Waals surface area contributed by atoms with Crippen molar-refractivity contribution >= 4 is 0 Å². The number of aliphatic hydroxyl groups excluding tert-OH is 1. The molecule has 3 rings (SSSR count). The van der Waals surface area contributed by atoms with Crippen molar-refractivity contribution in [3.05, 3.63) is 35.2 Å². The first-order valence-corrected chi connectivity index (χ1v) is 6.32. The number of hydrogen-bond donors (Lipinski definition) is 1. The Kier molecular flexibility index (Phi) is 2.67. The van der Waals surface area contributed by atoms with E-state index in [2.05, 4.69) is 46.8 Å². The van der Waals surface area contributed by atoms with Crippen LogP contribution in [0.5, 0.6) is 0 Å². The Labute approximate surface area is 106 Å². The first-order chi connectivity index (χ1) is 8.69. The quantitative estimate of drug-likeness (QED) is 0.900. The second kappa shape index (κ2) is 4.21. The summed E-state index contributed by atoms with van der Waals surface area (Å²) in [6.45, 7) is 4.12. The fourth-order valence-corrected chi connectivity index (χ4v) is 2.45. The zero-order chi connectivity index (χ0) is 12.7. The van der Waals surface area contributed by atoms with Gasteiger partial charge in [-0.2, -0.15) is 0 Å². The Hall–Kier alpha value is -1.68. The summed E-state index contributed by atoms with van der Waals surface area (Å²) in [5, 5.41) is 17.7. The van der Waals surface area contributed by atoms with E-state index in [0.29, 0.717) is 11.9 Å². The monoisotopic (exact) mass is 243 g/mol. The molecular weight excluding hydrogens is 226 g/mol. The standard InChI is InChI=1S/C14H17N3O/c1-9-5-10(2)7-11(6-9)14-16-15-13(8-18)17(14)12-3-4-12/h5-7,12,18H,3-4,8H2,1-2H3. The van der Waals surface area contributed by atoms with Crippen molar-refractivity contribution in [1.82, 2.24) is 14.8 Å². The highest BCUT2D eigenvalue weighted by Gasteiger charge is 2.29. The van der Waals surface area contributed by atoms with Gasteiger partial charge in [0.05, 0.1) is 0 Å². The maximum atomic E-state index is 9.34. The molecular formula is C14H17N3O. The second-order valence-electron chi connectivity index (χ2n) is 5.08. The molecule has 1 saturated carbocycles. The van der Waals surface area contributed by atoms with Gasteiger partial charge < -0.3 is 9.67 Å². The van der Waals surface area contributed by atoms with E-state index in [1.165, 1.54) is 11.1 Å². The van der Waals surface area contributed by atoms with Crippen LogP contribution < -0.4 is 0 Å². The second-order valence-corrected chi connectivity index (χ2v) is 5.08. The van der Waals surface area contributed by atoms with E-state index in [9.17, 15) is 5.11 Å². The lowest BCUT2D eigenvalue weighted by Crippen LogP contribution is -2.03. The van der Waals surface area contributed by atoms with Crippen LogP contribution in [0.25, 0.3) is 11.4 Å². The van der Waals surface area contributed by atoms with Crippen LogP contribution in [0, 0.1) is 13.8 Å². The van der Waals surface area contributed by atoms with Gasteiger partial charge in [0, 0.05) is 11.6 Å². The lowest BCUT2D eigenvalue weighted by molar-refractivity contribution is 0.265. The van der Waals surface area contributed by atoms with Gasteiger partial charge in [0.2, 0.25) is 0 Å². The van der Waals surface area contributed by atoms with E-state index >= 15 is 0 Å². The van der Waals surface area contributed by atoms with Gasteiger partial charge in [0.25, 0.3) is 0 Å². The number of aliphatic hydroxyl groups is 1. The fourth-order valence-electron chi connectivity index (χ4n) is 2.45. The molecule has 2 aromatic rings. The number of hydrogen-bond acceptors (Lipinski definition) is 3. The van der Waals surface area contributed by atoms with Crippen LogP contribution >= 0.6 is 0 Å². The van der Waals surface area contributed by atoms with Crippen LogP contribution in [0.2, 0.25) is 0 Å². The Morgan fingerprint density at radius 2 is 1.83 bits per heavy atom. The number of benzene rings is 1. The van der Waals surface area contributed by atoms with Gasteiger partial charge in [0.15, 0.2) is 11.6 Å². The van der Waals surface area contributed by atoms with E-state index < -0.39 is 0 Å². The van der Waals surface area contributed by atoms with E-state index in [0.717, 1.165) is 24.2 Å². The Bertz CT molecular complexity index is 564. The molecule has 0 atom stereocenters. The Morgan fingerprint density at radius 1 is 1.17 bits per heavy atom. The van der Waals surface area contributed by atoms with Crippen LogP contribution in [0.15, 0.2) is 18.2 Å². The lowest BCUT2D eigenvalue weighted by Gasteiger charge is -2.09. The van der Waals surface area contributed by atoms with Crippen LogP contribution in [0.1, 0.15) is 35.8 Å². The van der Waals surface area contributed by atoms with Gasteiger partial charge >= 0.3 is 0 Å². The maximum absolute atomic E-state index is 9.34. The summed E-state index contributed by atoms with van der Waals surface area (Å²) >= 11 is 0. The molecule has 0 radical (unpaired) electrons. The number of aromatic nitrogens is 3. The molecule has 0 saturated heterocycles. The molecule has 94 valence electrons. The molecule has 4 heteroatoms. The molecule has 1 fully saturated rings. The van der Waals surface area contributed by atoms with Gasteiger partial charge in [-0.3, -0.25) is 0 Å². The van der Waals surface area contributed by atoms with Gasteiger partial charge in [-0.15, -0.1) is 10.2 Å². The summed E-state index contributed by atoms with van der Waals surface area (Å²) in [5.41, 5.74) is 3.54. The smallest absolute Gasteiger partial charge is 0.164 e. The fraction of sp³-hybridized carbons (Fsp3) is 0.429. The molecule has 4 nitrogen and oxygen atoms in total. The molecule has 1 aliphatic carbocycles. The zero-order valence-electron chi connectivity index (χ0n) is 10.7. The number of rotatable bonds is 3. The van der Waals surface area contributed by atoms with Crippen molar-refractivity contribution in [2.75, 3.05) is 0 Å². The van der Waals surface area contributed by atoms with Crippen molar-refractivity contribution in [2.45, 2.75) is 39.3 Å². The molecule has 0 spiro atoms. The minimum atomic E-state index is -0.0473. The van der Waals surface area contributed by atoms with Crippen molar-refractivity contribution < 1.29 is 5.11 Å². The highest BCUT2D eigenvalue weighted by Crippen LogP contribution is 2.39. The molecule has 1 aliphatic rings. The van der Waals surface area contributed by atoms with Crippen molar-refractivity contribution in [3.63, 3.8) is 0 Å². The summed E-state index contributed by atoms with van der Waals surface area (Å²) in [5.74, 6) is 1.56. The van der Waals surface area contributed by atoms with Gasteiger partial charge in [-0.05, 0) is 38.8 Å². The highest BCUT2D eigenvalue weighted by molar-refractivity contribution is 5.58. The lowest BCUT2D eigenvalue weighted by atomic mass is 10.1. The maximum Gasteiger partial charge on any atom is 0.164 e. The van der Waals surface area contributed by atoms with Gasteiger partial charge in [-0.25, -0.2) is 0 Å². The van der Waals surface area contributed by atoms with E-state index in [1.807, 2.05) is 0 Å². The summed E-state index contributed by atoms with van der Waals surface area (Å²) in [4.78, 5) is 0. The normalized spacial score (nSPS) is 15.1. The average molecular weight is 243 g/mol. The highest BCUT2D eigenvalue weighted by atomic mass is 16.3. The first kappa shape index (κ1) is 11.4. The topological polar surface area (TPSA) is 50.9 Å². The van der Waals surface area contributed by atoms with Crippen molar-refractivity contribution in [2.24, 2.45) is 0 Å². The third-order valence-electron chi connectivity index (χ3n) is 3.30. The molecule has 0 unspecified atom stereocenters. The molecule has 1 heterocycles. The molecule has 18 heavy (non-hydrogen) atoms. The Balaban J connectivity index is 2.13. The third-order valence-corrected chi connectivity index (χ3v) is 3.30. The van der Waals surface area contributed by atoms with Gasteiger partial charge in [0.1, 0.15) is 6.61 Å². The van der Waals surface area contributed by atoms with Crippen molar-refractivity contribution in [3.8, 4) is 11.4 Å². The van der Waals surface area contributed by atoms with Crippen molar-refractivity contribution in [1.29, 1.82) is 0 Å². The van der Waals surface area contributed by atoms with Crippen LogP contribution in [0.3, 0.4) is 0 Å². The largest absolute Gasteiger partial charge is 0.388 e. The summed E-state index contributed by atoms with van der Waals surface area (Å²) in [6.07, 6.45) is 2.31. The molecule has 1 N–H and O–H groups in total. The summed E-state index contributed by atoms with van der Waals surface area (Å²) < 4.78 is 2.09. The van der Waals surface area contributed by atoms with Crippen LogP contribution in [-0.4, -0.2) is 19.9 Å². The molecule has 0 aliphatic heterocycles. The molecule has 1 aromatic heterocycles. The zero-order valence-corrected chi connectivity index (χ0v) is 10.7. The summed E-state index contributed by atoms with van der Waals surface area (Å²) in [7, 11) is 0. The third kappa shape index (κ3) is 1.93. The predicted octanol–water partition coefficient (Wildman–Crippen LogP) is 2.39. The predicted molar refractivity (Wildman–Crippen MR) is 69.1 cm³/mol. The van der Waals surface area contributed by atoms with Crippen LogP contribution in [0.4, 0.5) is 0 Å². The average Bonchev–Trinajstić information content (AvgIpc) is 3.07. The number of aryl methyl sites for hydroxylation is 2. The Morgan fingerprint density at radius 3 is 2.39 bits per heavy atom. The first-order valence-electron chi connectivity index (χ1n) is 6.32. The molecule has 1 aromatic carbocycles. The van der Waals surface area contributed by atoms with E-state index in [1.54, 1.807) is 0 Å². The molecule has 0 amide bonds. The molecule has 0 bridgehead atoms. The van der Waals surface area contributed by atoms with Crippen LogP contribution in [-0.2, 0) is 6.61 Å². The summed E-state index contributed by atoms with van der Waals surface area (Å²) in [6, 6.07) is 6.86. The van der Waals surface area contributed by atoms with E-state index in [-0.39, 0.29) is 6.61 Å². The SMILES string of the molecule is Cc1cc(C)cc(-c2nnc(CO)n2C2CC2)c1. The minimum absolute atomic E-state index is 0.0473. The number of nitrogens with zero attached hydrogens (tertiary/aromatic N) is 3. The minimum Gasteiger partial charge on any atom is -0.388 e. The van der Waals surface area contributed by atoms with E-state index in [4.69, 9.17) is 0 Å². The van der Waals surface area contributed by atoms with Gasteiger partial charge in [-0.1, -0.05) is 17.2 Å².